The molecule has 0 spiro atoms. The molecule has 0 aliphatic heterocycles. The predicted octanol–water partition coefficient (Wildman–Crippen LogP) is 6.22. The van der Waals surface area contributed by atoms with E-state index in [1.54, 1.807) is 0 Å². The summed E-state index contributed by atoms with van der Waals surface area (Å²) in [5.74, 6) is -0.460. The molecule has 0 fully saturated rings. The van der Waals surface area contributed by atoms with Gasteiger partial charge in [0.2, 0.25) is 0 Å². The second-order valence-electron chi connectivity index (χ2n) is 4.62. The molecule has 5 heteroatoms. The van der Waals surface area contributed by atoms with Gasteiger partial charge in [-0.25, -0.2) is 4.39 Å². The highest BCUT2D eigenvalue weighted by molar-refractivity contribution is 14.1. The van der Waals surface area contributed by atoms with Crippen molar-refractivity contribution in [3.63, 3.8) is 0 Å². The van der Waals surface area contributed by atoms with Crippen LogP contribution in [0.2, 0.25) is 10.0 Å². The van der Waals surface area contributed by atoms with Crippen LogP contribution in [0.5, 0.6) is 0 Å². The Balaban J connectivity index is 2.25. The summed E-state index contributed by atoms with van der Waals surface area (Å²) >= 11 is 14.1. The molecule has 2 rings (SSSR count). The maximum Gasteiger partial charge on any atom is 0.142 e. The molecule has 0 saturated heterocycles. The van der Waals surface area contributed by atoms with Gasteiger partial charge in [0, 0.05) is 14.3 Å². The van der Waals surface area contributed by atoms with Crippen LogP contribution in [0.25, 0.3) is 0 Å². The standard InChI is InChI=1S/C15H13Cl2FIN/c1-8-3-4-10(5-15(8)19)20-9(2)11-6-14(18)13(17)7-12(11)16/h3-7,9,20H,1-2H3. The van der Waals surface area contributed by atoms with Crippen LogP contribution in [0.4, 0.5) is 10.1 Å². The lowest BCUT2D eigenvalue weighted by atomic mass is 10.1. The second kappa shape index (κ2) is 6.50. The third-order valence-electron chi connectivity index (χ3n) is 3.06. The van der Waals surface area contributed by atoms with Crippen molar-refractivity contribution in [2.75, 3.05) is 5.32 Å². The highest BCUT2D eigenvalue weighted by Gasteiger charge is 2.13. The zero-order chi connectivity index (χ0) is 14.9. The number of anilines is 1. The first-order valence-electron chi connectivity index (χ1n) is 6.05. The zero-order valence-electron chi connectivity index (χ0n) is 11.0. The molecule has 0 amide bonds. The van der Waals surface area contributed by atoms with E-state index in [9.17, 15) is 4.39 Å². The van der Waals surface area contributed by atoms with Gasteiger partial charge in [0.1, 0.15) is 5.82 Å². The van der Waals surface area contributed by atoms with Gasteiger partial charge < -0.3 is 5.32 Å². The number of nitrogens with one attached hydrogen (secondary N) is 1. The Morgan fingerprint density at radius 3 is 2.50 bits per heavy atom. The van der Waals surface area contributed by atoms with Crippen molar-refractivity contribution >= 4 is 51.5 Å². The molecule has 0 bridgehead atoms. The third kappa shape index (κ3) is 3.57. The fourth-order valence-electron chi connectivity index (χ4n) is 1.88. The van der Waals surface area contributed by atoms with E-state index in [0.29, 0.717) is 10.6 Å². The number of aryl methyl sites for hydroxylation is 1. The van der Waals surface area contributed by atoms with Gasteiger partial charge in [-0.15, -0.1) is 0 Å². The molecule has 0 aliphatic carbocycles. The quantitative estimate of drug-likeness (QED) is 0.456. The maximum absolute atomic E-state index is 13.6. The number of rotatable bonds is 3. The first kappa shape index (κ1) is 15.9. The van der Waals surface area contributed by atoms with Crippen LogP contribution in [0.15, 0.2) is 30.3 Å². The monoisotopic (exact) mass is 423 g/mol. The normalized spacial score (nSPS) is 12.3. The van der Waals surface area contributed by atoms with Crippen molar-refractivity contribution in [1.29, 1.82) is 0 Å². The zero-order valence-corrected chi connectivity index (χ0v) is 14.6. The SMILES string of the molecule is Cc1ccc(NC(C)c2cc(F)c(Cl)cc2Cl)cc1I. The number of hydrogen-bond donors (Lipinski definition) is 1. The molecule has 0 aliphatic rings. The van der Waals surface area contributed by atoms with E-state index in [1.165, 1.54) is 21.3 Å². The van der Waals surface area contributed by atoms with Crippen molar-refractivity contribution in [3.05, 3.63) is 60.9 Å². The summed E-state index contributed by atoms with van der Waals surface area (Å²) in [5, 5.41) is 3.81. The first-order valence-corrected chi connectivity index (χ1v) is 7.89. The van der Waals surface area contributed by atoms with Crippen molar-refractivity contribution < 1.29 is 4.39 Å². The summed E-state index contributed by atoms with van der Waals surface area (Å²) in [6.07, 6.45) is 0. The molecule has 0 heterocycles. The largest absolute Gasteiger partial charge is 0.378 e. The van der Waals surface area contributed by atoms with Crippen LogP contribution in [-0.2, 0) is 0 Å². The molecule has 1 atom stereocenters. The van der Waals surface area contributed by atoms with Crippen LogP contribution in [0.1, 0.15) is 24.1 Å². The van der Waals surface area contributed by atoms with E-state index in [-0.39, 0.29) is 11.1 Å². The molecule has 106 valence electrons. The van der Waals surface area contributed by atoms with E-state index < -0.39 is 5.82 Å². The minimum atomic E-state index is -0.460. The minimum absolute atomic E-state index is 0.0378. The Hall–Kier alpha value is -0.520. The van der Waals surface area contributed by atoms with Gasteiger partial charge in [-0.3, -0.25) is 0 Å². The summed E-state index contributed by atoms with van der Waals surface area (Å²) in [5.41, 5.74) is 2.88. The smallest absolute Gasteiger partial charge is 0.142 e. The van der Waals surface area contributed by atoms with E-state index >= 15 is 0 Å². The maximum atomic E-state index is 13.6. The van der Waals surface area contributed by atoms with E-state index in [2.05, 4.69) is 34.8 Å². The number of hydrogen-bond acceptors (Lipinski definition) is 1. The Bertz CT molecular complexity index is 646. The van der Waals surface area contributed by atoms with Crippen LogP contribution >= 0.6 is 45.8 Å². The first-order chi connectivity index (χ1) is 9.38. The van der Waals surface area contributed by atoms with Gasteiger partial charge in [0.15, 0.2) is 0 Å². The van der Waals surface area contributed by atoms with E-state index in [1.807, 2.05) is 25.1 Å². The summed E-state index contributed by atoms with van der Waals surface area (Å²) in [7, 11) is 0. The van der Waals surface area contributed by atoms with Crippen LogP contribution < -0.4 is 5.32 Å². The van der Waals surface area contributed by atoms with Gasteiger partial charge in [-0.05, 0) is 71.8 Å². The summed E-state index contributed by atoms with van der Waals surface area (Å²) in [6.45, 7) is 3.99. The Kier molecular flexibility index (Phi) is 5.15. The molecule has 1 N–H and O–H groups in total. The lowest BCUT2D eigenvalue weighted by Crippen LogP contribution is -2.08. The Morgan fingerprint density at radius 1 is 1.15 bits per heavy atom. The highest BCUT2D eigenvalue weighted by Crippen LogP contribution is 2.31. The van der Waals surface area contributed by atoms with Gasteiger partial charge >= 0.3 is 0 Å². The lowest BCUT2D eigenvalue weighted by Gasteiger charge is -2.18. The lowest BCUT2D eigenvalue weighted by molar-refractivity contribution is 0.624. The van der Waals surface area contributed by atoms with E-state index in [4.69, 9.17) is 23.2 Å². The molecule has 2 aromatic rings. The van der Waals surface area contributed by atoms with Gasteiger partial charge in [0.05, 0.1) is 11.1 Å². The highest BCUT2D eigenvalue weighted by atomic mass is 127. The van der Waals surface area contributed by atoms with E-state index in [0.717, 1.165) is 5.69 Å². The minimum Gasteiger partial charge on any atom is -0.378 e. The summed E-state index contributed by atoms with van der Waals surface area (Å²) in [6, 6.07) is 8.78. The van der Waals surface area contributed by atoms with Crippen molar-refractivity contribution in [1.82, 2.24) is 0 Å². The summed E-state index contributed by atoms with van der Waals surface area (Å²) in [4.78, 5) is 0. The van der Waals surface area contributed by atoms with Crippen LogP contribution in [0, 0.1) is 16.3 Å². The molecule has 2 aromatic carbocycles. The average molecular weight is 424 g/mol. The van der Waals surface area contributed by atoms with Crippen LogP contribution in [0.3, 0.4) is 0 Å². The molecule has 20 heavy (non-hydrogen) atoms. The molecule has 0 radical (unpaired) electrons. The Morgan fingerprint density at radius 2 is 1.85 bits per heavy atom. The Labute approximate surface area is 141 Å². The van der Waals surface area contributed by atoms with Crippen LogP contribution in [-0.4, -0.2) is 0 Å². The van der Waals surface area contributed by atoms with Gasteiger partial charge in [-0.1, -0.05) is 29.3 Å². The third-order valence-corrected chi connectivity index (χ3v) is 4.84. The van der Waals surface area contributed by atoms with Crippen molar-refractivity contribution in [2.45, 2.75) is 19.9 Å². The fraction of sp³-hybridized carbons (Fsp3) is 0.200. The molecule has 0 saturated carbocycles. The van der Waals surface area contributed by atoms with Crippen molar-refractivity contribution in [2.24, 2.45) is 0 Å². The molecule has 1 unspecified atom stereocenters. The van der Waals surface area contributed by atoms with Crippen molar-refractivity contribution in [3.8, 4) is 0 Å². The molecule has 1 nitrogen and oxygen atoms in total. The number of benzene rings is 2. The number of halogens is 4. The predicted molar refractivity (Wildman–Crippen MR) is 92.4 cm³/mol. The fourth-order valence-corrected chi connectivity index (χ4v) is 2.94. The topological polar surface area (TPSA) is 12.0 Å². The molecular weight excluding hydrogens is 411 g/mol. The molecular formula is C15H13Cl2FIN. The summed E-state index contributed by atoms with van der Waals surface area (Å²) < 4.78 is 14.7. The molecule has 0 aromatic heterocycles. The van der Waals surface area contributed by atoms with Gasteiger partial charge in [-0.2, -0.15) is 0 Å². The second-order valence-corrected chi connectivity index (χ2v) is 6.59. The average Bonchev–Trinajstić information content (AvgIpc) is 2.38. The van der Waals surface area contributed by atoms with Gasteiger partial charge in [0.25, 0.3) is 0 Å².